The molecule has 0 aliphatic heterocycles. The largest absolute Gasteiger partial charge is 0.337 e. The summed E-state index contributed by atoms with van der Waals surface area (Å²) in [5.41, 5.74) is 1.18. The number of nitrogens with one attached hydrogen (secondary N) is 1. The molecule has 2 rings (SSSR count). The van der Waals surface area contributed by atoms with Gasteiger partial charge in [0, 0.05) is 35.5 Å². The van der Waals surface area contributed by atoms with E-state index in [4.69, 9.17) is 11.6 Å². The van der Waals surface area contributed by atoms with Crippen LogP contribution in [-0.4, -0.2) is 9.55 Å². The second-order valence-electron chi connectivity index (χ2n) is 3.79. The van der Waals surface area contributed by atoms with Gasteiger partial charge in [-0.3, -0.25) is 0 Å². The first kappa shape index (κ1) is 12.6. The maximum atomic E-state index is 5.89. The average Bonchev–Trinajstić information content (AvgIpc) is 2.68. The van der Waals surface area contributed by atoms with E-state index in [1.54, 1.807) is 6.20 Å². The molecule has 17 heavy (non-hydrogen) atoms. The second kappa shape index (κ2) is 5.67. The van der Waals surface area contributed by atoms with E-state index in [0.717, 1.165) is 28.4 Å². The SMILES string of the molecule is Cn1ccnc1CNCc1ccc(Cl)cc1Br. The fraction of sp³-hybridized carbons (Fsp3) is 0.250. The Morgan fingerprint density at radius 1 is 1.41 bits per heavy atom. The Bertz CT molecular complexity index is 510. The van der Waals surface area contributed by atoms with Gasteiger partial charge >= 0.3 is 0 Å². The Balaban J connectivity index is 1.92. The topological polar surface area (TPSA) is 29.9 Å². The zero-order valence-corrected chi connectivity index (χ0v) is 11.8. The molecule has 90 valence electrons. The summed E-state index contributed by atoms with van der Waals surface area (Å²) >= 11 is 9.38. The summed E-state index contributed by atoms with van der Waals surface area (Å²) in [6.07, 6.45) is 3.74. The lowest BCUT2D eigenvalue weighted by atomic mass is 10.2. The van der Waals surface area contributed by atoms with E-state index in [0.29, 0.717) is 0 Å². The van der Waals surface area contributed by atoms with Crippen LogP contribution in [0.25, 0.3) is 0 Å². The van der Waals surface area contributed by atoms with Crippen LogP contribution in [0.5, 0.6) is 0 Å². The summed E-state index contributed by atoms with van der Waals surface area (Å²) in [6, 6.07) is 5.81. The van der Waals surface area contributed by atoms with E-state index in [1.165, 1.54) is 5.56 Å². The summed E-state index contributed by atoms with van der Waals surface area (Å²) in [5.74, 6) is 1.02. The standard InChI is InChI=1S/C12H13BrClN3/c1-17-5-4-16-12(17)8-15-7-9-2-3-10(14)6-11(9)13/h2-6,15H,7-8H2,1H3. The maximum absolute atomic E-state index is 5.89. The summed E-state index contributed by atoms with van der Waals surface area (Å²) in [6.45, 7) is 1.53. The first-order chi connectivity index (χ1) is 8.16. The van der Waals surface area contributed by atoms with Crippen molar-refractivity contribution in [1.29, 1.82) is 0 Å². The van der Waals surface area contributed by atoms with Crippen molar-refractivity contribution in [3.05, 3.63) is 51.5 Å². The molecule has 0 aliphatic carbocycles. The highest BCUT2D eigenvalue weighted by atomic mass is 79.9. The molecule has 0 atom stereocenters. The van der Waals surface area contributed by atoms with E-state index < -0.39 is 0 Å². The Labute approximate surface area is 114 Å². The molecule has 1 aromatic heterocycles. The summed E-state index contributed by atoms with van der Waals surface area (Å²) in [5, 5.41) is 4.09. The fourth-order valence-corrected chi connectivity index (χ4v) is 2.36. The third kappa shape index (κ3) is 3.31. The number of rotatable bonds is 4. The quantitative estimate of drug-likeness (QED) is 0.939. The lowest BCUT2D eigenvalue weighted by molar-refractivity contribution is 0.638. The van der Waals surface area contributed by atoms with Crippen LogP contribution in [0.1, 0.15) is 11.4 Å². The maximum Gasteiger partial charge on any atom is 0.122 e. The van der Waals surface area contributed by atoms with Crippen LogP contribution in [0.2, 0.25) is 5.02 Å². The predicted molar refractivity (Wildman–Crippen MR) is 72.9 cm³/mol. The molecule has 0 radical (unpaired) electrons. The smallest absolute Gasteiger partial charge is 0.122 e. The van der Waals surface area contributed by atoms with Crippen LogP contribution < -0.4 is 5.32 Å². The van der Waals surface area contributed by atoms with Gasteiger partial charge in [-0.25, -0.2) is 4.98 Å². The molecule has 5 heteroatoms. The molecule has 0 saturated heterocycles. The lowest BCUT2D eigenvalue weighted by Gasteiger charge is -2.07. The van der Waals surface area contributed by atoms with Crippen LogP contribution in [0, 0.1) is 0 Å². The third-order valence-electron chi connectivity index (χ3n) is 2.53. The van der Waals surface area contributed by atoms with Gasteiger partial charge in [-0.15, -0.1) is 0 Å². The zero-order chi connectivity index (χ0) is 12.3. The third-order valence-corrected chi connectivity index (χ3v) is 3.51. The van der Waals surface area contributed by atoms with Crippen molar-refractivity contribution >= 4 is 27.5 Å². The Morgan fingerprint density at radius 3 is 2.88 bits per heavy atom. The molecule has 3 nitrogen and oxygen atoms in total. The molecular weight excluding hydrogens is 302 g/mol. The highest BCUT2D eigenvalue weighted by Gasteiger charge is 2.02. The number of nitrogens with zero attached hydrogens (tertiary/aromatic N) is 2. The van der Waals surface area contributed by atoms with Crippen LogP contribution in [0.3, 0.4) is 0 Å². The molecule has 0 unspecified atom stereocenters. The average molecular weight is 315 g/mol. The highest BCUT2D eigenvalue weighted by Crippen LogP contribution is 2.21. The Morgan fingerprint density at radius 2 is 2.24 bits per heavy atom. The van der Waals surface area contributed by atoms with Gasteiger partial charge < -0.3 is 9.88 Å². The van der Waals surface area contributed by atoms with Crippen LogP contribution in [0.15, 0.2) is 35.1 Å². The van der Waals surface area contributed by atoms with E-state index in [-0.39, 0.29) is 0 Å². The van der Waals surface area contributed by atoms with Crippen LogP contribution in [0.4, 0.5) is 0 Å². The minimum Gasteiger partial charge on any atom is -0.337 e. The van der Waals surface area contributed by atoms with Gasteiger partial charge in [-0.2, -0.15) is 0 Å². The molecular formula is C12H13BrClN3. The predicted octanol–water partition coefficient (Wildman–Crippen LogP) is 3.13. The van der Waals surface area contributed by atoms with Crippen molar-refractivity contribution < 1.29 is 0 Å². The highest BCUT2D eigenvalue weighted by molar-refractivity contribution is 9.10. The van der Waals surface area contributed by atoms with Gasteiger partial charge in [-0.1, -0.05) is 33.6 Å². The van der Waals surface area contributed by atoms with Gasteiger partial charge in [0.25, 0.3) is 0 Å². The Hall–Kier alpha value is -0.840. The molecule has 2 aromatic rings. The first-order valence-corrected chi connectivity index (χ1v) is 6.45. The Kier molecular flexibility index (Phi) is 4.20. The molecule has 1 heterocycles. The fourth-order valence-electron chi connectivity index (χ4n) is 1.54. The molecule has 0 bridgehead atoms. The summed E-state index contributed by atoms with van der Waals surface area (Å²) in [4.78, 5) is 4.25. The van der Waals surface area contributed by atoms with Gasteiger partial charge in [-0.05, 0) is 17.7 Å². The van der Waals surface area contributed by atoms with Crippen molar-refractivity contribution in [2.45, 2.75) is 13.1 Å². The second-order valence-corrected chi connectivity index (χ2v) is 5.08. The van der Waals surface area contributed by atoms with Crippen LogP contribution >= 0.6 is 27.5 Å². The van der Waals surface area contributed by atoms with E-state index in [9.17, 15) is 0 Å². The number of hydrogen-bond acceptors (Lipinski definition) is 2. The first-order valence-electron chi connectivity index (χ1n) is 5.27. The molecule has 0 fully saturated rings. The summed E-state index contributed by atoms with van der Waals surface area (Å²) in [7, 11) is 1.99. The molecule has 0 amide bonds. The number of benzene rings is 1. The van der Waals surface area contributed by atoms with Crippen molar-refractivity contribution in [1.82, 2.24) is 14.9 Å². The molecule has 0 saturated carbocycles. The van der Waals surface area contributed by atoms with Gasteiger partial charge in [0.05, 0.1) is 6.54 Å². The summed E-state index contributed by atoms with van der Waals surface area (Å²) < 4.78 is 3.03. The number of hydrogen-bond donors (Lipinski definition) is 1. The minimum absolute atomic E-state index is 0.740. The van der Waals surface area contributed by atoms with Gasteiger partial charge in [0.2, 0.25) is 0 Å². The molecule has 0 spiro atoms. The zero-order valence-electron chi connectivity index (χ0n) is 9.45. The minimum atomic E-state index is 0.740. The van der Waals surface area contributed by atoms with E-state index in [2.05, 4.69) is 26.2 Å². The number of aryl methyl sites for hydroxylation is 1. The number of aromatic nitrogens is 2. The van der Waals surface area contributed by atoms with Crippen molar-refractivity contribution in [2.75, 3.05) is 0 Å². The van der Waals surface area contributed by atoms with Gasteiger partial charge in [0.15, 0.2) is 0 Å². The number of imidazole rings is 1. The van der Waals surface area contributed by atoms with E-state index >= 15 is 0 Å². The molecule has 0 aliphatic rings. The van der Waals surface area contributed by atoms with E-state index in [1.807, 2.05) is 36.0 Å². The monoisotopic (exact) mass is 313 g/mol. The normalized spacial score (nSPS) is 10.8. The molecule has 1 N–H and O–H groups in total. The van der Waals surface area contributed by atoms with Crippen LogP contribution in [-0.2, 0) is 20.1 Å². The lowest BCUT2D eigenvalue weighted by Crippen LogP contribution is -2.15. The van der Waals surface area contributed by atoms with Gasteiger partial charge in [0.1, 0.15) is 5.82 Å². The number of halogens is 2. The van der Waals surface area contributed by atoms with Crippen molar-refractivity contribution in [3.63, 3.8) is 0 Å². The van der Waals surface area contributed by atoms with Crippen molar-refractivity contribution in [2.24, 2.45) is 7.05 Å². The van der Waals surface area contributed by atoms with Crippen molar-refractivity contribution in [3.8, 4) is 0 Å². The molecule has 1 aromatic carbocycles.